The van der Waals surface area contributed by atoms with Crippen molar-refractivity contribution in [2.24, 2.45) is 11.3 Å². The number of carbonyl (C=O) groups is 1. The molecule has 3 aliphatic rings. The minimum atomic E-state index is -0.114. The van der Waals surface area contributed by atoms with Crippen LogP contribution in [-0.4, -0.2) is 37.2 Å². The number of fused-ring (bicyclic) bond motifs is 1. The molecule has 0 bridgehead atoms. The summed E-state index contributed by atoms with van der Waals surface area (Å²) in [7, 11) is 0. The predicted molar refractivity (Wildman–Crippen MR) is 90.8 cm³/mol. The second kappa shape index (κ2) is 5.47. The first-order valence-corrected chi connectivity index (χ1v) is 8.81. The Morgan fingerprint density at radius 3 is 2.87 bits per heavy atom. The topological polar surface area (TPSA) is 41.6 Å². The fourth-order valence-corrected chi connectivity index (χ4v) is 4.86. The molecule has 4 nitrogen and oxygen atoms in total. The average Bonchev–Trinajstić information content (AvgIpc) is 3.11. The van der Waals surface area contributed by atoms with Crippen LogP contribution in [0.15, 0.2) is 24.3 Å². The van der Waals surface area contributed by atoms with Crippen molar-refractivity contribution in [3.05, 3.63) is 29.3 Å². The zero-order chi connectivity index (χ0) is 16.2. The Labute approximate surface area is 142 Å². The Kier molecular flexibility index (Phi) is 3.67. The summed E-state index contributed by atoms with van der Waals surface area (Å²) in [6.45, 7) is 6.05. The number of hydrogen-bond donors (Lipinski definition) is 1. The van der Waals surface area contributed by atoms with Crippen LogP contribution in [0.3, 0.4) is 0 Å². The van der Waals surface area contributed by atoms with Crippen LogP contribution in [0.5, 0.6) is 0 Å². The summed E-state index contributed by atoms with van der Waals surface area (Å²) >= 11 is 6.25. The number of nitrogens with zero attached hydrogens (tertiary/aromatic N) is 1. The fraction of sp³-hybridized carbons (Fsp3) is 0.611. The molecule has 3 fully saturated rings. The fourth-order valence-electron chi connectivity index (χ4n) is 4.62. The molecule has 0 unspecified atom stereocenters. The summed E-state index contributed by atoms with van der Waals surface area (Å²) in [6.07, 6.45) is 2.27. The van der Waals surface area contributed by atoms with E-state index in [1.807, 2.05) is 29.2 Å². The average molecular weight is 335 g/mol. The first-order chi connectivity index (χ1) is 11.0. The highest BCUT2D eigenvalue weighted by Gasteiger charge is 2.60. The maximum atomic E-state index is 12.8. The van der Waals surface area contributed by atoms with E-state index >= 15 is 0 Å². The summed E-state index contributed by atoms with van der Waals surface area (Å²) in [6, 6.07) is 7.80. The second-order valence-corrected chi connectivity index (χ2v) is 7.90. The summed E-state index contributed by atoms with van der Waals surface area (Å²) in [5, 5.41) is 4.27. The number of ether oxygens (including phenoxy) is 1. The third kappa shape index (κ3) is 2.31. The van der Waals surface area contributed by atoms with Gasteiger partial charge in [-0.15, -0.1) is 0 Å². The molecule has 1 aromatic rings. The number of hydrogen-bond acceptors (Lipinski definition) is 3. The molecular formula is C18H23ClN2O2. The molecule has 0 radical (unpaired) electrons. The lowest BCUT2D eigenvalue weighted by Crippen LogP contribution is -2.68. The molecule has 23 heavy (non-hydrogen) atoms. The second-order valence-electron chi connectivity index (χ2n) is 7.49. The van der Waals surface area contributed by atoms with Crippen LogP contribution >= 0.6 is 11.6 Å². The number of carbonyl (C=O) groups excluding carboxylic acids is 1. The van der Waals surface area contributed by atoms with Crippen molar-refractivity contribution in [1.29, 1.82) is 0 Å². The molecule has 1 aliphatic carbocycles. The number of anilines is 1. The van der Waals surface area contributed by atoms with E-state index in [9.17, 15) is 4.79 Å². The molecule has 0 aromatic heterocycles. The van der Waals surface area contributed by atoms with Gasteiger partial charge in [-0.3, -0.25) is 4.79 Å². The van der Waals surface area contributed by atoms with Gasteiger partial charge in [0.2, 0.25) is 5.91 Å². The van der Waals surface area contributed by atoms with Gasteiger partial charge < -0.3 is 15.0 Å². The van der Waals surface area contributed by atoms with Crippen molar-refractivity contribution in [3.63, 3.8) is 0 Å². The van der Waals surface area contributed by atoms with Gasteiger partial charge in [0.25, 0.3) is 0 Å². The van der Waals surface area contributed by atoms with E-state index in [0.29, 0.717) is 23.1 Å². The van der Waals surface area contributed by atoms with Crippen molar-refractivity contribution >= 4 is 23.2 Å². The van der Waals surface area contributed by atoms with Gasteiger partial charge in [0.15, 0.2) is 0 Å². The van der Waals surface area contributed by atoms with E-state index in [1.165, 1.54) is 0 Å². The summed E-state index contributed by atoms with van der Waals surface area (Å²) < 4.78 is 5.84. The lowest BCUT2D eigenvalue weighted by atomic mass is 9.57. The zero-order valence-electron chi connectivity index (χ0n) is 13.6. The van der Waals surface area contributed by atoms with Crippen LogP contribution in [0, 0.1) is 11.3 Å². The lowest BCUT2D eigenvalue weighted by molar-refractivity contribution is -0.127. The predicted octanol–water partition coefficient (Wildman–Crippen LogP) is 2.85. The van der Waals surface area contributed by atoms with Gasteiger partial charge >= 0.3 is 0 Å². The van der Waals surface area contributed by atoms with Crippen molar-refractivity contribution < 1.29 is 9.53 Å². The summed E-state index contributed by atoms with van der Waals surface area (Å²) in [5.41, 5.74) is 0.914. The van der Waals surface area contributed by atoms with Crippen LogP contribution in [0.4, 0.5) is 5.69 Å². The first-order valence-electron chi connectivity index (χ1n) is 8.43. The van der Waals surface area contributed by atoms with Crippen molar-refractivity contribution in [1.82, 2.24) is 5.32 Å². The minimum absolute atomic E-state index is 0.0965. The molecular weight excluding hydrogens is 312 g/mol. The minimum Gasteiger partial charge on any atom is -0.377 e. The van der Waals surface area contributed by atoms with Gasteiger partial charge in [-0.05, 0) is 25.0 Å². The maximum Gasteiger partial charge on any atom is 0.244 e. The number of benzene rings is 1. The number of rotatable bonds is 3. The molecule has 1 amide bonds. The standard InChI is InChI=1S/C18H23ClN2O2/c1-18(2)15(11-8-10-23-16(11)18)20-13-7-9-21(17(13)22)14-6-4-3-5-12(14)19/h3-6,11,13,15-16,20H,7-10H2,1-2H3/t11-,13-,15-,16+/m1/s1. The van der Waals surface area contributed by atoms with E-state index in [1.54, 1.807) is 0 Å². The largest absolute Gasteiger partial charge is 0.377 e. The van der Waals surface area contributed by atoms with Gasteiger partial charge in [-0.1, -0.05) is 37.6 Å². The van der Waals surface area contributed by atoms with Gasteiger partial charge in [-0.2, -0.15) is 0 Å². The summed E-state index contributed by atoms with van der Waals surface area (Å²) in [5.74, 6) is 0.684. The molecule has 2 saturated heterocycles. The van der Waals surface area contributed by atoms with E-state index in [4.69, 9.17) is 16.3 Å². The SMILES string of the molecule is CC1(C)[C@H](N[C@@H]2CCN(c3ccccc3Cl)C2=O)[C@H]2CCO[C@@H]21. The van der Waals surface area contributed by atoms with Crippen molar-refractivity contribution in [2.45, 2.75) is 44.9 Å². The number of amides is 1. The summed E-state index contributed by atoms with van der Waals surface area (Å²) in [4.78, 5) is 14.6. The smallest absolute Gasteiger partial charge is 0.244 e. The van der Waals surface area contributed by atoms with Crippen LogP contribution in [0.25, 0.3) is 0 Å². The van der Waals surface area contributed by atoms with Gasteiger partial charge in [0, 0.05) is 30.5 Å². The van der Waals surface area contributed by atoms with E-state index in [2.05, 4.69) is 19.2 Å². The Hall–Kier alpha value is -1.10. The first kappa shape index (κ1) is 15.4. The molecule has 2 heterocycles. The van der Waals surface area contributed by atoms with Crippen LogP contribution in [-0.2, 0) is 9.53 Å². The molecule has 5 heteroatoms. The van der Waals surface area contributed by atoms with E-state index < -0.39 is 0 Å². The molecule has 0 spiro atoms. The van der Waals surface area contributed by atoms with E-state index in [0.717, 1.165) is 31.7 Å². The van der Waals surface area contributed by atoms with Gasteiger partial charge in [0.1, 0.15) is 0 Å². The highest BCUT2D eigenvalue weighted by molar-refractivity contribution is 6.33. The molecule has 2 aliphatic heterocycles. The molecule has 1 N–H and O–H groups in total. The molecule has 1 saturated carbocycles. The third-order valence-electron chi connectivity index (χ3n) is 5.83. The zero-order valence-corrected chi connectivity index (χ0v) is 14.3. The van der Waals surface area contributed by atoms with E-state index in [-0.39, 0.29) is 17.4 Å². The molecule has 1 aromatic carbocycles. The molecule has 4 rings (SSSR count). The van der Waals surface area contributed by atoms with Crippen molar-refractivity contribution in [2.75, 3.05) is 18.1 Å². The van der Waals surface area contributed by atoms with Crippen LogP contribution in [0.2, 0.25) is 5.02 Å². The van der Waals surface area contributed by atoms with Gasteiger partial charge in [0.05, 0.1) is 22.9 Å². The number of halogens is 1. The Morgan fingerprint density at radius 2 is 2.09 bits per heavy atom. The maximum absolute atomic E-state index is 12.8. The number of nitrogens with one attached hydrogen (secondary N) is 1. The monoisotopic (exact) mass is 334 g/mol. The Bertz CT molecular complexity index is 633. The lowest BCUT2D eigenvalue weighted by Gasteiger charge is -2.55. The quantitative estimate of drug-likeness (QED) is 0.924. The molecule has 124 valence electrons. The van der Waals surface area contributed by atoms with Crippen molar-refractivity contribution in [3.8, 4) is 0 Å². The van der Waals surface area contributed by atoms with Crippen LogP contribution < -0.4 is 10.2 Å². The highest BCUT2D eigenvalue weighted by atomic mass is 35.5. The normalized spacial score (nSPS) is 35.3. The van der Waals surface area contributed by atoms with Crippen LogP contribution in [0.1, 0.15) is 26.7 Å². The Balaban J connectivity index is 1.48. The highest BCUT2D eigenvalue weighted by Crippen LogP contribution is 2.52. The Morgan fingerprint density at radius 1 is 1.30 bits per heavy atom. The molecule has 4 atom stereocenters. The number of para-hydroxylation sites is 1. The van der Waals surface area contributed by atoms with Gasteiger partial charge in [-0.25, -0.2) is 0 Å². The third-order valence-corrected chi connectivity index (χ3v) is 6.15.